The highest BCUT2D eigenvalue weighted by Crippen LogP contribution is 2.37. The van der Waals surface area contributed by atoms with Crippen molar-refractivity contribution in [2.24, 2.45) is 5.84 Å². The number of aromatic nitrogens is 1. The Hall–Kier alpha value is -3.19. The van der Waals surface area contributed by atoms with Gasteiger partial charge in [-0.2, -0.15) is 0 Å². The summed E-state index contributed by atoms with van der Waals surface area (Å²) in [6, 6.07) is 13.7. The molecule has 0 bridgehead atoms. The summed E-state index contributed by atoms with van der Waals surface area (Å²) < 4.78 is 0. The van der Waals surface area contributed by atoms with Crippen molar-refractivity contribution in [3.63, 3.8) is 0 Å². The van der Waals surface area contributed by atoms with E-state index in [1.54, 1.807) is 36.4 Å². The van der Waals surface area contributed by atoms with Crippen LogP contribution >= 0.6 is 0 Å². The summed E-state index contributed by atoms with van der Waals surface area (Å²) in [6.07, 6.45) is 0. The Morgan fingerprint density at radius 3 is 2.50 bits per heavy atom. The molecule has 0 radical (unpaired) electrons. The molecule has 3 aromatic rings. The Morgan fingerprint density at radius 2 is 1.86 bits per heavy atom. The molecular formula is C15H12N4O3. The number of non-ortho nitro benzene ring substituents is 1. The first-order chi connectivity index (χ1) is 10.6. The van der Waals surface area contributed by atoms with Crippen molar-refractivity contribution in [2.75, 3.05) is 0 Å². The van der Waals surface area contributed by atoms with Crippen LogP contribution in [0.5, 0.6) is 0 Å². The van der Waals surface area contributed by atoms with Gasteiger partial charge in [0.2, 0.25) is 0 Å². The molecule has 0 aliphatic rings. The molecule has 0 fully saturated rings. The van der Waals surface area contributed by atoms with Gasteiger partial charge in [-0.25, -0.2) is 5.84 Å². The number of carbonyl (C=O) groups is 1. The van der Waals surface area contributed by atoms with Crippen LogP contribution in [0.1, 0.15) is 10.5 Å². The average molecular weight is 296 g/mol. The third kappa shape index (κ3) is 2.09. The van der Waals surface area contributed by atoms with Gasteiger partial charge in [0.1, 0.15) is 5.69 Å². The Bertz CT molecular complexity index is 871. The van der Waals surface area contributed by atoms with Gasteiger partial charge in [-0.3, -0.25) is 20.3 Å². The number of hydrazine groups is 1. The lowest BCUT2D eigenvalue weighted by Crippen LogP contribution is -2.30. The molecule has 0 aliphatic carbocycles. The Kier molecular flexibility index (Phi) is 3.32. The van der Waals surface area contributed by atoms with E-state index >= 15 is 0 Å². The van der Waals surface area contributed by atoms with Gasteiger partial charge < -0.3 is 4.98 Å². The Morgan fingerprint density at radius 1 is 1.14 bits per heavy atom. The molecule has 0 spiro atoms. The molecule has 7 nitrogen and oxygen atoms in total. The van der Waals surface area contributed by atoms with Crippen molar-refractivity contribution >= 4 is 22.5 Å². The molecule has 110 valence electrons. The molecule has 0 saturated carbocycles. The molecule has 0 saturated heterocycles. The van der Waals surface area contributed by atoms with Gasteiger partial charge in [0.25, 0.3) is 11.6 Å². The van der Waals surface area contributed by atoms with Gasteiger partial charge in [-0.15, -0.1) is 0 Å². The highest BCUT2D eigenvalue weighted by molar-refractivity contribution is 6.12. The van der Waals surface area contributed by atoms with Crippen molar-refractivity contribution in [3.05, 3.63) is 64.3 Å². The second kappa shape index (κ2) is 5.30. The number of aromatic amines is 1. The maximum atomic E-state index is 12.0. The van der Waals surface area contributed by atoms with Crippen molar-refractivity contribution in [1.82, 2.24) is 10.4 Å². The highest BCUT2D eigenvalue weighted by atomic mass is 16.6. The number of carbonyl (C=O) groups excluding carboxylic acids is 1. The zero-order valence-electron chi connectivity index (χ0n) is 11.4. The minimum absolute atomic E-state index is 0.0660. The number of nitrogens with zero attached hydrogens (tertiary/aromatic N) is 1. The van der Waals surface area contributed by atoms with E-state index in [0.717, 1.165) is 0 Å². The van der Waals surface area contributed by atoms with E-state index in [-0.39, 0.29) is 11.4 Å². The van der Waals surface area contributed by atoms with Crippen LogP contribution in [0.25, 0.3) is 22.0 Å². The van der Waals surface area contributed by atoms with Gasteiger partial charge in [-0.05, 0) is 11.6 Å². The summed E-state index contributed by atoms with van der Waals surface area (Å²) in [7, 11) is 0. The van der Waals surface area contributed by atoms with Gasteiger partial charge in [-0.1, -0.05) is 36.4 Å². The first-order valence-corrected chi connectivity index (χ1v) is 6.49. The van der Waals surface area contributed by atoms with Gasteiger partial charge in [0, 0.05) is 11.6 Å². The molecule has 4 N–H and O–H groups in total. The number of nitrogens with one attached hydrogen (secondary N) is 2. The second-order valence-corrected chi connectivity index (χ2v) is 4.67. The second-order valence-electron chi connectivity index (χ2n) is 4.67. The zero-order chi connectivity index (χ0) is 15.7. The predicted octanol–water partition coefficient (Wildman–Crippen LogP) is 2.35. The van der Waals surface area contributed by atoms with Gasteiger partial charge in [0.15, 0.2) is 0 Å². The topological polar surface area (TPSA) is 114 Å². The monoisotopic (exact) mass is 296 g/mol. The summed E-state index contributed by atoms with van der Waals surface area (Å²) in [4.78, 5) is 25.8. The van der Waals surface area contributed by atoms with E-state index < -0.39 is 10.8 Å². The number of hydrogen-bond acceptors (Lipinski definition) is 4. The van der Waals surface area contributed by atoms with Crippen molar-refractivity contribution < 1.29 is 9.72 Å². The molecule has 1 amide bonds. The molecular weight excluding hydrogens is 284 g/mol. The SMILES string of the molecule is NNC(=O)c1[nH]c2cccc([N+](=O)[O-])c2c1-c1ccccc1. The maximum Gasteiger partial charge on any atom is 0.282 e. The summed E-state index contributed by atoms with van der Waals surface area (Å²) >= 11 is 0. The first-order valence-electron chi connectivity index (χ1n) is 6.49. The number of benzene rings is 2. The minimum atomic E-state index is -0.538. The van der Waals surface area contributed by atoms with E-state index in [9.17, 15) is 14.9 Å². The highest BCUT2D eigenvalue weighted by Gasteiger charge is 2.24. The number of nitro benzene ring substituents is 1. The number of fused-ring (bicyclic) bond motifs is 1. The molecule has 0 unspecified atom stereocenters. The summed E-state index contributed by atoms with van der Waals surface area (Å²) in [5, 5.41) is 11.7. The van der Waals surface area contributed by atoms with E-state index in [2.05, 4.69) is 10.4 Å². The molecule has 3 rings (SSSR count). The summed E-state index contributed by atoms with van der Waals surface area (Å²) in [5.74, 6) is 4.68. The number of rotatable bonds is 3. The molecule has 22 heavy (non-hydrogen) atoms. The number of nitrogen functional groups attached to an aromatic ring is 1. The minimum Gasteiger partial charge on any atom is -0.350 e. The fourth-order valence-corrected chi connectivity index (χ4v) is 2.52. The lowest BCUT2D eigenvalue weighted by Gasteiger charge is -2.04. The predicted molar refractivity (Wildman–Crippen MR) is 82.0 cm³/mol. The van der Waals surface area contributed by atoms with E-state index in [0.29, 0.717) is 22.0 Å². The van der Waals surface area contributed by atoms with Gasteiger partial charge >= 0.3 is 0 Å². The summed E-state index contributed by atoms with van der Waals surface area (Å²) in [6.45, 7) is 0. The van der Waals surface area contributed by atoms with E-state index in [1.807, 2.05) is 6.07 Å². The molecule has 1 aromatic heterocycles. The van der Waals surface area contributed by atoms with Crippen molar-refractivity contribution in [3.8, 4) is 11.1 Å². The lowest BCUT2D eigenvalue weighted by atomic mass is 10.0. The Balaban J connectivity index is 2.44. The van der Waals surface area contributed by atoms with Crippen LogP contribution in [0.4, 0.5) is 5.69 Å². The van der Waals surface area contributed by atoms with Crippen LogP contribution in [0, 0.1) is 10.1 Å². The van der Waals surface area contributed by atoms with Crippen molar-refractivity contribution in [1.29, 1.82) is 0 Å². The van der Waals surface area contributed by atoms with Crippen LogP contribution in [-0.2, 0) is 0 Å². The summed E-state index contributed by atoms with van der Waals surface area (Å²) in [5.41, 5.74) is 3.85. The zero-order valence-corrected chi connectivity index (χ0v) is 11.4. The molecule has 0 aliphatic heterocycles. The van der Waals surface area contributed by atoms with Crippen molar-refractivity contribution in [2.45, 2.75) is 0 Å². The lowest BCUT2D eigenvalue weighted by molar-refractivity contribution is -0.383. The fourth-order valence-electron chi connectivity index (χ4n) is 2.52. The number of nitro groups is 1. The van der Waals surface area contributed by atoms with Crippen LogP contribution in [-0.4, -0.2) is 15.8 Å². The largest absolute Gasteiger partial charge is 0.350 e. The van der Waals surface area contributed by atoms with E-state index in [4.69, 9.17) is 5.84 Å². The maximum absolute atomic E-state index is 12.0. The molecule has 0 atom stereocenters. The first kappa shape index (κ1) is 13.8. The molecule has 2 aromatic carbocycles. The van der Waals surface area contributed by atoms with Gasteiger partial charge in [0.05, 0.1) is 15.8 Å². The van der Waals surface area contributed by atoms with Crippen LogP contribution in [0.2, 0.25) is 0 Å². The quantitative estimate of drug-likeness (QED) is 0.298. The molecule has 1 heterocycles. The fraction of sp³-hybridized carbons (Fsp3) is 0. The molecule has 7 heteroatoms. The van der Waals surface area contributed by atoms with E-state index in [1.165, 1.54) is 6.07 Å². The normalized spacial score (nSPS) is 10.6. The number of hydrogen-bond donors (Lipinski definition) is 3. The van der Waals surface area contributed by atoms with Crippen LogP contribution in [0.15, 0.2) is 48.5 Å². The number of amides is 1. The van der Waals surface area contributed by atoms with Crippen LogP contribution < -0.4 is 11.3 Å². The smallest absolute Gasteiger partial charge is 0.282 e. The number of nitrogens with two attached hydrogens (primary N) is 1. The van der Waals surface area contributed by atoms with Crippen LogP contribution in [0.3, 0.4) is 0 Å². The third-order valence-electron chi connectivity index (χ3n) is 3.42. The Labute approximate surface area is 124 Å². The third-order valence-corrected chi connectivity index (χ3v) is 3.42. The number of H-pyrrole nitrogens is 1. The average Bonchev–Trinajstić information content (AvgIpc) is 2.94. The standard InChI is InChI=1S/C15H12N4O3/c16-18-15(20)14-12(9-5-2-1-3-6-9)13-10(17-14)7-4-8-11(13)19(21)22/h1-8,17H,16H2,(H,18,20).